The van der Waals surface area contributed by atoms with Crippen molar-refractivity contribution >= 4 is 0 Å². The minimum absolute atomic E-state index is 0.293. The van der Waals surface area contributed by atoms with Crippen LogP contribution in [0.15, 0.2) is 0 Å². The molecule has 0 amide bonds. The van der Waals surface area contributed by atoms with Crippen molar-refractivity contribution < 1.29 is 13.2 Å². The van der Waals surface area contributed by atoms with E-state index in [1.807, 2.05) is 0 Å². The summed E-state index contributed by atoms with van der Waals surface area (Å²) in [6.07, 6.45) is -3.42. The molecule has 0 radical (unpaired) electrons. The van der Waals surface area contributed by atoms with Gasteiger partial charge in [-0.25, -0.2) is 0 Å². The number of nitrogens with one attached hydrogen (secondary N) is 1. The Hall–Kier alpha value is -0.250. The smallest absolute Gasteiger partial charge is 0.303 e. The Balaban J connectivity index is 2.18. The van der Waals surface area contributed by atoms with Crippen molar-refractivity contribution in [2.75, 3.05) is 6.54 Å². The van der Waals surface area contributed by atoms with Gasteiger partial charge >= 0.3 is 6.18 Å². The zero-order valence-electron chi connectivity index (χ0n) is 5.33. The summed E-state index contributed by atoms with van der Waals surface area (Å²) in [6, 6.07) is 0. The lowest BCUT2D eigenvalue weighted by atomic mass is 9.73. The summed E-state index contributed by atoms with van der Waals surface area (Å²) in [5.41, 5.74) is -1.47. The Morgan fingerprint density at radius 1 is 1.30 bits per heavy atom. The molecule has 10 heavy (non-hydrogen) atoms. The van der Waals surface area contributed by atoms with Crippen LogP contribution in [0.3, 0.4) is 0 Å². The highest BCUT2D eigenvalue weighted by molar-refractivity contribution is 5.12. The van der Waals surface area contributed by atoms with Crippen LogP contribution in [0.5, 0.6) is 0 Å². The first kappa shape index (κ1) is 6.46. The topological polar surface area (TPSA) is 12.0 Å². The number of halogens is 3. The maximum absolute atomic E-state index is 12.1. The van der Waals surface area contributed by atoms with Crippen molar-refractivity contribution in [3.05, 3.63) is 0 Å². The second-order valence-corrected chi connectivity index (χ2v) is 3.24. The second kappa shape index (κ2) is 1.49. The van der Waals surface area contributed by atoms with Crippen molar-refractivity contribution in [3.8, 4) is 0 Å². The van der Waals surface area contributed by atoms with E-state index in [0.29, 0.717) is 25.3 Å². The van der Waals surface area contributed by atoms with E-state index < -0.39 is 11.7 Å². The van der Waals surface area contributed by atoms with Gasteiger partial charge in [-0.2, -0.15) is 13.2 Å². The first-order valence-electron chi connectivity index (χ1n) is 3.35. The van der Waals surface area contributed by atoms with Crippen molar-refractivity contribution in [2.24, 2.45) is 5.92 Å². The highest BCUT2D eigenvalue weighted by atomic mass is 19.4. The Morgan fingerprint density at radius 3 is 2.10 bits per heavy atom. The summed E-state index contributed by atoms with van der Waals surface area (Å²) < 4.78 is 36.4. The summed E-state index contributed by atoms with van der Waals surface area (Å²) in [7, 11) is 0. The van der Waals surface area contributed by atoms with E-state index in [9.17, 15) is 13.2 Å². The summed E-state index contributed by atoms with van der Waals surface area (Å²) in [5, 5.41) is 2.52. The predicted octanol–water partition coefficient (Wildman–Crippen LogP) is 1.30. The van der Waals surface area contributed by atoms with Crippen LogP contribution in [0, 0.1) is 5.92 Å². The van der Waals surface area contributed by atoms with Gasteiger partial charge in [0, 0.05) is 0 Å². The molecule has 0 unspecified atom stereocenters. The van der Waals surface area contributed by atoms with Gasteiger partial charge < -0.3 is 5.32 Å². The molecule has 2 bridgehead atoms. The quantitative estimate of drug-likeness (QED) is 0.550. The van der Waals surface area contributed by atoms with Gasteiger partial charge in [-0.1, -0.05) is 0 Å². The van der Waals surface area contributed by atoms with Crippen LogP contribution in [0.1, 0.15) is 12.8 Å². The average Bonchev–Trinajstić information content (AvgIpc) is 2.08. The van der Waals surface area contributed by atoms with E-state index in [4.69, 9.17) is 0 Å². The molecule has 0 aromatic heterocycles. The largest absolute Gasteiger partial charge is 0.406 e. The highest BCUT2D eigenvalue weighted by Crippen LogP contribution is 2.52. The molecule has 3 aliphatic rings. The third-order valence-corrected chi connectivity index (χ3v) is 2.55. The summed E-state index contributed by atoms with van der Waals surface area (Å²) >= 11 is 0. The SMILES string of the molecule is FC(F)(F)C12CC(CN1)C2. The molecule has 1 N–H and O–H groups in total. The third-order valence-electron chi connectivity index (χ3n) is 2.55. The van der Waals surface area contributed by atoms with Gasteiger partial charge in [-0.05, 0) is 25.3 Å². The molecular weight excluding hydrogens is 143 g/mol. The Morgan fingerprint density at radius 2 is 1.90 bits per heavy atom. The van der Waals surface area contributed by atoms with Crippen LogP contribution < -0.4 is 5.32 Å². The van der Waals surface area contributed by atoms with Gasteiger partial charge in [0.05, 0.1) is 0 Å². The molecule has 1 saturated carbocycles. The number of hydrogen-bond donors (Lipinski definition) is 1. The van der Waals surface area contributed by atoms with E-state index >= 15 is 0 Å². The van der Waals surface area contributed by atoms with Crippen molar-refractivity contribution in [2.45, 2.75) is 24.6 Å². The molecule has 0 aromatic carbocycles. The zero-order valence-corrected chi connectivity index (χ0v) is 5.33. The van der Waals surface area contributed by atoms with Gasteiger partial charge in [0.1, 0.15) is 5.54 Å². The fourth-order valence-electron chi connectivity index (χ4n) is 1.89. The molecule has 1 nitrogen and oxygen atoms in total. The van der Waals surface area contributed by atoms with Gasteiger partial charge in [0.25, 0.3) is 0 Å². The number of rotatable bonds is 0. The van der Waals surface area contributed by atoms with Gasteiger partial charge in [0.2, 0.25) is 0 Å². The molecular formula is C6H8F3N. The monoisotopic (exact) mass is 151 g/mol. The van der Waals surface area contributed by atoms with Crippen LogP contribution >= 0.6 is 0 Å². The van der Waals surface area contributed by atoms with Crippen molar-refractivity contribution in [1.29, 1.82) is 0 Å². The van der Waals surface area contributed by atoms with Crippen molar-refractivity contribution in [1.82, 2.24) is 5.32 Å². The molecule has 2 saturated heterocycles. The number of fused-ring (bicyclic) bond motifs is 1. The lowest BCUT2D eigenvalue weighted by Crippen LogP contribution is -2.55. The molecule has 3 fully saturated rings. The number of hydrogen-bond acceptors (Lipinski definition) is 1. The predicted molar refractivity (Wildman–Crippen MR) is 29.5 cm³/mol. The summed E-state index contributed by atoms with van der Waals surface area (Å²) in [4.78, 5) is 0. The second-order valence-electron chi connectivity index (χ2n) is 3.24. The van der Waals surface area contributed by atoms with E-state index in [-0.39, 0.29) is 0 Å². The maximum Gasteiger partial charge on any atom is 0.406 e. The van der Waals surface area contributed by atoms with Crippen molar-refractivity contribution in [3.63, 3.8) is 0 Å². The highest BCUT2D eigenvalue weighted by Gasteiger charge is 2.65. The van der Waals surface area contributed by atoms with Crippen LogP contribution in [0.4, 0.5) is 13.2 Å². The summed E-state index contributed by atoms with van der Waals surface area (Å²) in [5.74, 6) is 0.293. The molecule has 1 aliphatic carbocycles. The lowest BCUT2D eigenvalue weighted by molar-refractivity contribution is -0.209. The Bertz CT molecular complexity index is 151. The average molecular weight is 151 g/mol. The minimum atomic E-state index is -4.03. The Labute approximate surface area is 56.6 Å². The van der Waals surface area contributed by atoms with E-state index in [1.54, 1.807) is 0 Å². The van der Waals surface area contributed by atoms with Crippen LogP contribution in [0.2, 0.25) is 0 Å². The maximum atomic E-state index is 12.1. The standard InChI is InChI=1S/C6H8F3N/c7-6(8,9)5-1-4(2-5)3-10-5/h4,10H,1-3H2. The fourth-order valence-corrected chi connectivity index (χ4v) is 1.89. The van der Waals surface area contributed by atoms with Crippen LogP contribution in [-0.4, -0.2) is 18.3 Å². The fraction of sp³-hybridized carbons (Fsp3) is 1.00. The first-order valence-corrected chi connectivity index (χ1v) is 3.35. The van der Waals surface area contributed by atoms with E-state index in [0.717, 1.165) is 0 Å². The molecule has 3 rings (SSSR count). The summed E-state index contributed by atoms with van der Waals surface area (Å²) in [6.45, 7) is 0.555. The molecule has 0 aromatic rings. The minimum Gasteiger partial charge on any atom is -0.303 e. The Kier molecular flexibility index (Phi) is 0.966. The molecule has 4 heteroatoms. The zero-order chi connectivity index (χ0) is 7.41. The first-order chi connectivity index (χ1) is 4.54. The van der Waals surface area contributed by atoms with Gasteiger partial charge in [-0.15, -0.1) is 0 Å². The molecule has 2 aliphatic heterocycles. The van der Waals surface area contributed by atoms with Crippen LogP contribution in [0.25, 0.3) is 0 Å². The molecule has 0 spiro atoms. The normalized spacial score (nSPS) is 45.3. The van der Waals surface area contributed by atoms with Crippen LogP contribution in [-0.2, 0) is 0 Å². The van der Waals surface area contributed by atoms with E-state index in [1.165, 1.54) is 0 Å². The lowest BCUT2D eigenvalue weighted by Gasteiger charge is -2.38. The molecule has 0 atom stereocenters. The van der Waals surface area contributed by atoms with Gasteiger partial charge in [0.15, 0.2) is 0 Å². The van der Waals surface area contributed by atoms with E-state index in [2.05, 4.69) is 5.32 Å². The third kappa shape index (κ3) is 0.576. The molecule has 2 heterocycles. The molecule has 58 valence electrons. The van der Waals surface area contributed by atoms with Gasteiger partial charge in [-0.3, -0.25) is 0 Å². The number of alkyl halides is 3.